The number of furan rings is 1. The van der Waals surface area contributed by atoms with Crippen LogP contribution in [0.4, 0.5) is 13.2 Å². The Kier molecular flexibility index (Phi) is 5.81. The molecule has 0 saturated carbocycles. The van der Waals surface area contributed by atoms with E-state index in [1.807, 2.05) is 6.07 Å². The van der Waals surface area contributed by atoms with Crippen molar-refractivity contribution in [2.24, 2.45) is 0 Å². The largest absolute Gasteiger partial charge is 0.455 e. The zero-order valence-electron chi connectivity index (χ0n) is 14.1. The van der Waals surface area contributed by atoms with Crippen molar-refractivity contribution in [1.82, 2.24) is 9.80 Å². The predicted octanol–water partition coefficient (Wildman–Crippen LogP) is 4.05. The van der Waals surface area contributed by atoms with Crippen LogP contribution in [0, 0.1) is 0 Å². The Bertz CT molecular complexity index is 646. The smallest absolute Gasteiger partial charge is 0.449 e. The molecule has 25 heavy (non-hydrogen) atoms. The minimum Gasteiger partial charge on any atom is -0.455 e. The molecule has 3 nitrogen and oxygen atoms in total. The van der Waals surface area contributed by atoms with E-state index in [0.29, 0.717) is 12.3 Å². The number of aryl methyl sites for hydroxylation is 1. The van der Waals surface area contributed by atoms with Crippen molar-refractivity contribution in [3.05, 3.63) is 59.5 Å². The summed E-state index contributed by atoms with van der Waals surface area (Å²) in [5.74, 6) is -0.535. The molecule has 0 N–H and O–H groups in total. The Labute approximate surface area is 146 Å². The van der Waals surface area contributed by atoms with E-state index in [0.717, 1.165) is 51.6 Å². The Morgan fingerprint density at radius 3 is 2.20 bits per heavy atom. The first-order valence-electron chi connectivity index (χ1n) is 8.65. The van der Waals surface area contributed by atoms with Crippen molar-refractivity contribution < 1.29 is 17.6 Å². The van der Waals surface area contributed by atoms with Gasteiger partial charge < -0.3 is 9.32 Å². The predicted molar refractivity (Wildman–Crippen MR) is 90.2 cm³/mol. The van der Waals surface area contributed by atoms with E-state index in [4.69, 9.17) is 4.42 Å². The van der Waals surface area contributed by atoms with Crippen molar-refractivity contribution in [3.63, 3.8) is 0 Å². The Morgan fingerprint density at radius 2 is 1.56 bits per heavy atom. The quantitative estimate of drug-likeness (QED) is 0.782. The molecule has 1 saturated heterocycles. The van der Waals surface area contributed by atoms with E-state index in [1.165, 1.54) is 11.6 Å². The average Bonchev–Trinajstić information content (AvgIpc) is 3.06. The summed E-state index contributed by atoms with van der Waals surface area (Å²) in [4.78, 5) is 4.56. The molecule has 1 fully saturated rings. The second-order valence-electron chi connectivity index (χ2n) is 6.47. The maximum atomic E-state index is 12.6. The summed E-state index contributed by atoms with van der Waals surface area (Å²) >= 11 is 0. The van der Waals surface area contributed by atoms with Gasteiger partial charge in [0.1, 0.15) is 5.76 Å². The monoisotopic (exact) mass is 352 g/mol. The van der Waals surface area contributed by atoms with Crippen LogP contribution in [-0.4, -0.2) is 42.5 Å². The van der Waals surface area contributed by atoms with Gasteiger partial charge in [0.2, 0.25) is 5.76 Å². The Morgan fingerprint density at radius 1 is 0.880 bits per heavy atom. The molecule has 1 aliphatic heterocycles. The average molecular weight is 352 g/mol. The van der Waals surface area contributed by atoms with Crippen LogP contribution in [-0.2, 0) is 19.1 Å². The molecule has 0 amide bonds. The molecule has 0 aliphatic carbocycles. The van der Waals surface area contributed by atoms with Crippen LogP contribution >= 0.6 is 0 Å². The molecule has 136 valence electrons. The number of halogens is 3. The molecule has 1 aromatic carbocycles. The fraction of sp³-hybridized carbons (Fsp3) is 0.474. The first-order valence-corrected chi connectivity index (χ1v) is 8.65. The van der Waals surface area contributed by atoms with Gasteiger partial charge in [0, 0.05) is 26.2 Å². The molecule has 2 heterocycles. The van der Waals surface area contributed by atoms with Crippen LogP contribution in [0.2, 0.25) is 0 Å². The van der Waals surface area contributed by atoms with Gasteiger partial charge in [-0.2, -0.15) is 13.2 Å². The van der Waals surface area contributed by atoms with E-state index in [2.05, 4.69) is 34.1 Å². The van der Waals surface area contributed by atoms with Crippen LogP contribution < -0.4 is 0 Å². The summed E-state index contributed by atoms with van der Waals surface area (Å²) in [6, 6.07) is 12.9. The standard InChI is InChI=1S/C19H23F3N2O/c20-19(21,22)18-9-8-17(25-18)15-24-13-11-23(12-14-24)10-4-7-16-5-2-1-3-6-16/h1-3,5-6,8-9H,4,7,10-15H2. The van der Waals surface area contributed by atoms with Crippen molar-refractivity contribution in [1.29, 1.82) is 0 Å². The van der Waals surface area contributed by atoms with Crippen LogP contribution in [0.3, 0.4) is 0 Å². The van der Waals surface area contributed by atoms with E-state index < -0.39 is 11.9 Å². The van der Waals surface area contributed by atoms with Crippen molar-refractivity contribution in [3.8, 4) is 0 Å². The van der Waals surface area contributed by atoms with Gasteiger partial charge in [-0.3, -0.25) is 4.90 Å². The molecule has 0 spiro atoms. The Hall–Kier alpha value is -1.79. The molecule has 1 aliphatic rings. The minimum atomic E-state index is -4.41. The highest BCUT2D eigenvalue weighted by Crippen LogP contribution is 2.30. The highest BCUT2D eigenvalue weighted by molar-refractivity contribution is 5.14. The number of nitrogens with zero attached hydrogens (tertiary/aromatic N) is 2. The molecular formula is C19H23F3N2O. The van der Waals surface area contributed by atoms with Crippen LogP contribution in [0.15, 0.2) is 46.9 Å². The van der Waals surface area contributed by atoms with Crippen molar-refractivity contribution >= 4 is 0 Å². The lowest BCUT2D eigenvalue weighted by molar-refractivity contribution is -0.153. The summed E-state index contributed by atoms with van der Waals surface area (Å²) in [6.07, 6.45) is -2.21. The maximum absolute atomic E-state index is 12.6. The summed E-state index contributed by atoms with van der Waals surface area (Å²) < 4.78 is 42.6. The first-order chi connectivity index (χ1) is 12.0. The van der Waals surface area contributed by atoms with Gasteiger partial charge in [-0.25, -0.2) is 0 Å². The molecule has 1 aromatic heterocycles. The number of benzene rings is 1. The van der Waals surface area contributed by atoms with Crippen molar-refractivity contribution in [2.45, 2.75) is 25.6 Å². The topological polar surface area (TPSA) is 19.6 Å². The van der Waals surface area contributed by atoms with Gasteiger partial charge in [-0.1, -0.05) is 30.3 Å². The summed E-state index contributed by atoms with van der Waals surface area (Å²) in [5, 5.41) is 0. The molecule has 0 atom stereocenters. The summed E-state index contributed by atoms with van der Waals surface area (Å²) in [5.41, 5.74) is 1.36. The lowest BCUT2D eigenvalue weighted by Crippen LogP contribution is -2.46. The van der Waals surface area contributed by atoms with E-state index in [1.54, 1.807) is 0 Å². The molecule has 2 aromatic rings. The highest BCUT2D eigenvalue weighted by Gasteiger charge is 2.34. The van der Waals surface area contributed by atoms with Gasteiger partial charge >= 0.3 is 6.18 Å². The zero-order chi connectivity index (χ0) is 17.7. The second-order valence-corrected chi connectivity index (χ2v) is 6.47. The van der Waals surface area contributed by atoms with Gasteiger partial charge in [-0.05, 0) is 37.1 Å². The lowest BCUT2D eigenvalue weighted by atomic mass is 10.1. The molecular weight excluding hydrogens is 329 g/mol. The number of alkyl halides is 3. The number of rotatable bonds is 6. The number of hydrogen-bond acceptors (Lipinski definition) is 3. The highest BCUT2D eigenvalue weighted by atomic mass is 19.4. The minimum absolute atomic E-state index is 0.379. The second kappa shape index (κ2) is 8.06. The van der Waals surface area contributed by atoms with Gasteiger partial charge in [0.15, 0.2) is 0 Å². The van der Waals surface area contributed by atoms with Gasteiger partial charge in [0.25, 0.3) is 0 Å². The number of hydrogen-bond donors (Lipinski definition) is 0. The number of piperazine rings is 1. The maximum Gasteiger partial charge on any atom is 0.449 e. The molecule has 3 rings (SSSR count). The molecule has 0 bridgehead atoms. The van der Waals surface area contributed by atoms with Gasteiger partial charge in [-0.15, -0.1) is 0 Å². The van der Waals surface area contributed by atoms with Crippen LogP contribution in [0.25, 0.3) is 0 Å². The third kappa shape index (κ3) is 5.34. The fourth-order valence-electron chi connectivity index (χ4n) is 3.16. The third-order valence-electron chi connectivity index (χ3n) is 4.57. The molecule has 0 radical (unpaired) electrons. The summed E-state index contributed by atoms with van der Waals surface area (Å²) in [7, 11) is 0. The zero-order valence-corrected chi connectivity index (χ0v) is 14.1. The van der Waals surface area contributed by atoms with Crippen LogP contribution in [0.5, 0.6) is 0 Å². The van der Waals surface area contributed by atoms with E-state index >= 15 is 0 Å². The van der Waals surface area contributed by atoms with Crippen molar-refractivity contribution in [2.75, 3.05) is 32.7 Å². The van der Waals surface area contributed by atoms with E-state index in [-0.39, 0.29) is 0 Å². The summed E-state index contributed by atoms with van der Waals surface area (Å²) in [6.45, 7) is 5.10. The first kappa shape index (κ1) is 18.0. The SMILES string of the molecule is FC(F)(F)c1ccc(CN2CCN(CCCc3ccccc3)CC2)o1. The lowest BCUT2D eigenvalue weighted by Gasteiger charge is -2.34. The normalized spacial score (nSPS) is 17.1. The fourth-order valence-corrected chi connectivity index (χ4v) is 3.16. The molecule has 6 heteroatoms. The van der Waals surface area contributed by atoms with E-state index in [9.17, 15) is 13.2 Å². The Balaban J connectivity index is 1.38. The van der Waals surface area contributed by atoms with Crippen LogP contribution in [0.1, 0.15) is 23.5 Å². The van der Waals surface area contributed by atoms with Gasteiger partial charge in [0.05, 0.1) is 6.54 Å². The molecule has 0 unspecified atom stereocenters. The third-order valence-corrected chi connectivity index (χ3v) is 4.57.